The van der Waals surface area contributed by atoms with Crippen LogP contribution in [0.1, 0.15) is 20.8 Å². The maximum Gasteiger partial charge on any atom is 0.0543 e. The Labute approximate surface area is 72.3 Å². The second-order valence-corrected chi connectivity index (χ2v) is 6.61. The van der Waals surface area contributed by atoms with Crippen LogP contribution in [0.15, 0.2) is 0 Å². The lowest BCUT2D eigenvalue weighted by molar-refractivity contribution is 0.487. The molecule has 0 saturated heterocycles. The number of hydrogen-bond acceptors (Lipinski definition) is 3. The van der Waals surface area contributed by atoms with E-state index in [9.17, 15) is 0 Å². The average molecular weight is 179 g/mol. The van der Waals surface area contributed by atoms with Gasteiger partial charge >= 0.3 is 0 Å². The van der Waals surface area contributed by atoms with Crippen molar-refractivity contribution in [1.29, 1.82) is 0 Å². The number of rotatable bonds is 3. The molecular formula is C7H17NS2. The van der Waals surface area contributed by atoms with Gasteiger partial charge in [-0.3, -0.25) is 4.90 Å². The molecule has 0 aromatic rings. The zero-order valence-electron chi connectivity index (χ0n) is 7.47. The van der Waals surface area contributed by atoms with E-state index in [1.807, 2.05) is 21.6 Å². The Morgan fingerprint density at radius 2 is 1.70 bits per heavy atom. The molecule has 0 amide bonds. The van der Waals surface area contributed by atoms with E-state index < -0.39 is 0 Å². The fourth-order valence-corrected chi connectivity index (χ4v) is 2.78. The zero-order valence-corrected chi connectivity index (χ0v) is 9.10. The van der Waals surface area contributed by atoms with Gasteiger partial charge in [-0.05, 0) is 14.1 Å². The first-order chi connectivity index (χ1) is 4.42. The molecule has 0 radical (unpaired) electrons. The third kappa shape index (κ3) is 8.66. The number of hydrogen-bond donors (Lipinski definition) is 0. The van der Waals surface area contributed by atoms with E-state index in [1.165, 1.54) is 0 Å². The van der Waals surface area contributed by atoms with Crippen molar-refractivity contribution < 1.29 is 0 Å². The van der Waals surface area contributed by atoms with Crippen molar-refractivity contribution in [3.8, 4) is 0 Å². The summed E-state index contributed by atoms with van der Waals surface area (Å²) < 4.78 is 0.390. The highest BCUT2D eigenvalue weighted by molar-refractivity contribution is 8.77. The Morgan fingerprint density at radius 3 is 2.00 bits per heavy atom. The van der Waals surface area contributed by atoms with Crippen molar-refractivity contribution in [2.75, 3.05) is 20.0 Å². The molecule has 0 N–H and O–H groups in total. The molecule has 0 heterocycles. The van der Waals surface area contributed by atoms with Crippen LogP contribution in [0.4, 0.5) is 0 Å². The highest BCUT2D eigenvalue weighted by atomic mass is 33.1. The zero-order chi connectivity index (χ0) is 8.20. The summed E-state index contributed by atoms with van der Waals surface area (Å²) in [6, 6.07) is 0. The van der Waals surface area contributed by atoms with Crippen LogP contribution in [0.2, 0.25) is 0 Å². The second-order valence-electron chi connectivity index (χ2n) is 3.52. The first-order valence-corrected chi connectivity index (χ1v) is 5.69. The van der Waals surface area contributed by atoms with Crippen LogP contribution in [0.25, 0.3) is 0 Å². The molecule has 0 unspecified atom stereocenters. The van der Waals surface area contributed by atoms with Crippen LogP contribution < -0.4 is 0 Å². The minimum absolute atomic E-state index is 0.390. The second kappa shape index (κ2) is 4.52. The van der Waals surface area contributed by atoms with Gasteiger partial charge in [0.15, 0.2) is 0 Å². The van der Waals surface area contributed by atoms with Crippen molar-refractivity contribution in [2.45, 2.75) is 25.5 Å². The monoisotopic (exact) mass is 179 g/mol. The van der Waals surface area contributed by atoms with Gasteiger partial charge in [-0.1, -0.05) is 42.4 Å². The molecule has 1 nitrogen and oxygen atoms in total. The highest BCUT2D eigenvalue weighted by Gasteiger charge is 2.10. The Bertz CT molecular complexity index is 86.1. The Balaban J connectivity index is 3.21. The van der Waals surface area contributed by atoms with Crippen molar-refractivity contribution in [2.24, 2.45) is 0 Å². The molecule has 0 fully saturated rings. The van der Waals surface area contributed by atoms with Crippen LogP contribution in [-0.4, -0.2) is 29.6 Å². The van der Waals surface area contributed by atoms with Gasteiger partial charge in [-0.25, -0.2) is 0 Å². The van der Waals surface area contributed by atoms with E-state index in [0.29, 0.717) is 4.75 Å². The standard InChI is InChI=1S/C7H17NS2/c1-7(2,3)10-9-6-8(4)5/h6H2,1-5H3. The molecule has 0 aromatic heterocycles. The molecule has 3 heteroatoms. The third-order valence-electron chi connectivity index (χ3n) is 0.620. The third-order valence-corrected chi connectivity index (χ3v) is 4.03. The Morgan fingerprint density at radius 1 is 1.20 bits per heavy atom. The largest absolute Gasteiger partial charge is 0.299 e. The average Bonchev–Trinajstić information content (AvgIpc) is 1.59. The van der Waals surface area contributed by atoms with Crippen LogP contribution in [-0.2, 0) is 0 Å². The van der Waals surface area contributed by atoms with Crippen molar-refractivity contribution in [1.82, 2.24) is 4.90 Å². The predicted octanol–water partition coefficient (Wildman–Crippen LogP) is 2.69. The molecule has 0 rings (SSSR count). The van der Waals surface area contributed by atoms with E-state index in [1.54, 1.807) is 0 Å². The lowest BCUT2D eigenvalue weighted by Gasteiger charge is -2.17. The first-order valence-electron chi connectivity index (χ1n) is 3.37. The summed E-state index contributed by atoms with van der Waals surface area (Å²) in [7, 11) is 8.03. The van der Waals surface area contributed by atoms with Gasteiger partial charge in [0.05, 0.1) is 5.88 Å². The molecular weight excluding hydrogens is 162 g/mol. The Hall–Kier alpha value is 0.660. The van der Waals surface area contributed by atoms with E-state index in [0.717, 1.165) is 5.88 Å². The maximum absolute atomic E-state index is 2.24. The molecule has 0 aliphatic rings. The molecule has 10 heavy (non-hydrogen) atoms. The van der Waals surface area contributed by atoms with Crippen molar-refractivity contribution in [3.63, 3.8) is 0 Å². The fraction of sp³-hybridized carbons (Fsp3) is 1.00. The van der Waals surface area contributed by atoms with Crippen LogP contribution in [0, 0.1) is 0 Å². The summed E-state index contributed by atoms with van der Waals surface area (Å²) in [5.74, 6) is 1.10. The van der Waals surface area contributed by atoms with E-state index in [2.05, 4.69) is 39.8 Å². The molecule has 0 bridgehead atoms. The summed E-state index contributed by atoms with van der Waals surface area (Å²) in [4.78, 5) is 2.18. The van der Waals surface area contributed by atoms with Gasteiger partial charge in [-0.2, -0.15) is 0 Å². The minimum atomic E-state index is 0.390. The van der Waals surface area contributed by atoms with Crippen molar-refractivity contribution >= 4 is 21.6 Å². The summed E-state index contributed by atoms with van der Waals surface area (Å²) in [5, 5.41) is 0. The lowest BCUT2D eigenvalue weighted by atomic mass is 10.3. The first kappa shape index (κ1) is 10.7. The molecule has 0 atom stereocenters. The van der Waals surface area contributed by atoms with Crippen LogP contribution >= 0.6 is 21.6 Å². The Kier molecular flexibility index (Phi) is 4.82. The van der Waals surface area contributed by atoms with Gasteiger partial charge in [-0.15, -0.1) is 0 Å². The van der Waals surface area contributed by atoms with E-state index in [-0.39, 0.29) is 0 Å². The van der Waals surface area contributed by atoms with Gasteiger partial charge in [0, 0.05) is 4.75 Å². The predicted molar refractivity (Wildman–Crippen MR) is 53.5 cm³/mol. The van der Waals surface area contributed by atoms with Gasteiger partial charge < -0.3 is 0 Å². The van der Waals surface area contributed by atoms with Gasteiger partial charge in [0.2, 0.25) is 0 Å². The summed E-state index contributed by atoms with van der Waals surface area (Å²) in [5.41, 5.74) is 0. The summed E-state index contributed by atoms with van der Waals surface area (Å²) in [6.45, 7) is 6.71. The van der Waals surface area contributed by atoms with Gasteiger partial charge in [0.1, 0.15) is 0 Å². The highest BCUT2D eigenvalue weighted by Crippen LogP contribution is 2.34. The lowest BCUT2D eigenvalue weighted by Crippen LogP contribution is -2.11. The quantitative estimate of drug-likeness (QED) is 0.484. The molecule has 0 aliphatic carbocycles. The fourth-order valence-electron chi connectivity index (χ4n) is 0.309. The topological polar surface area (TPSA) is 3.24 Å². The summed E-state index contributed by atoms with van der Waals surface area (Å²) >= 11 is 0. The maximum atomic E-state index is 2.24. The molecule has 0 aromatic carbocycles. The number of nitrogens with zero attached hydrogens (tertiary/aromatic N) is 1. The molecule has 0 aliphatic heterocycles. The molecule has 0 saturated carbocycles. The minimum Gasteiger partial charge on any atom is -0.299 e. The van der Waals surface area contributed by atoms with Gasteiger partial charge in [0.25, 0.3) is 0 Å². The van der Waals surface area contributed by atoms with Crippen LogP contribution in [0.5, 0.6) is 0 Å². The van der Waals surface area contributed by atoms with E-state index in [4.69, 9.17) is 0 Å². The smallest absolute Gasteiger partial charge is 0.0543 e. The normalized spacial score (nSPS) is 12.6. The SMILES string of the molecule is CN(C)CSSC(C)(C)C. The van der Waals surface area contributed by atoms with E-state index >= 15 is 0 Å². The summed E-state index contributed by atoms with van der Waals surface area (Å²) in [6.07, 6.45) is 0. The molecule has 62 valence electrons. The van der Waals surface area contributed by atoms with Crippen LogP contribution in [0.3, 0.4) is 0 Å². The van der Waals surface area contributed by atoms with Crippen molar-refractivity contribution in [3.05, 3.63) is 0 Å². The molecule has 0 spiro atoms.